The van der Waals surface area contributed by atoms with Gasteiger partial charge in [-0.3, -0.25) is 0 Å². The molecule has 0 saturated carbocycles. The third-order valence-electron chi connectivity index (χ3n) is 3.61. The van der Waals surface area contributed by atoms with Crippen LogP contribution < -0.4 is 0 Å². The fourth-order valence-corrected chi connectivity index (χ4v) is 2.41. The average Bonchev–Trinajstić information content (AvgIpc) is 3.11. The number of nitrogens with zero attached hydrogens (tertiary/aromatic N) is 5. The quantitative estimate of drug-likeness (QED) is 0.555. The molecule has 0 amide bonds. The second-order valence-corrected chi connectivity index (χ2v) is 5.30. The Hall–Kier alpha value is -3.29. The van der Waals surface area contributed by atoms with Crippen molar-refractivity contribution in [3.8, 4) is 17.2 Å². The topological polar surface area (TPSA) is 56.5 Å². The molecule has 0 N–H and O–H groups in total. The molecule has 0 radical (unpaired) electrons. The summed E-state index contributed by atoms with van der Waals surface area (Å²) in [6, 6.07) is 12.2. The van der Waals surface area contributed by atoms with Gasteiger partial charge in [0.1, 0.15) is 5.69 Å². The van der Waals surface area contributed by atoms with Gasteiger partial charge in [-0.1, -0.05) is 24.3 Å². The van der Waals surface area contributed by atoms with Crippen molar-refractivity contribution in [2.24, 2.45) is 0 Å². The number of hydrogen-bond acceptors (Lipinski definition) is 4. The molecule has 0 spiro atoms. The van der Waals surface area contributed by atoms with E-state index >= 15 is 0 Å². The first-order valence-electron chi connectivity index (χ1n) is 7.32. The molecule has 3 aromatic heterocycles. The maximum absolute atomic E-state index is 12.8. The molecule has 124 valence electrons. The van der Waals surface area contributed by atoms with E-state index in [-0.39, 0.29) is 5.95 Å². The van der Waals surface area contributed by atoms with Gasteiger partial charge in [0.2, 0.25) is 0 Å². The fraction of sp³-hybridized carbons (Fsp3) is 0.0588. The molecule has 0 fully saturated rings. The molecule has 4 aromatic rings. The van der Waals surface area contributed by atoms with Gasteiger partial charge in [0.25, 0.3) is 5.95 Å². The van der Waals surface area contributed by atoms with Crippen LogP contribution >= 0.6 is 0 Å². The first-order valence-corrected chi connectivity index (χ1v) is 7.32. The molecule has 0 aliphatic heterocycles. The Morgan fingerprint density at radius 2 is 1.76 bits per heavy atom. The fourth-order valence-electron chi connectivity index (χ4n) is 2.41. The van der Waals surface area contributed by atoms with Crippen molar-refractivity contribution >= 4 is 10.9 Å². The van der Waals surface area contributed by atoms with Crippen molar-refractivity contribution in [3.05, 3.63) is 66.7 Å². The molecule has 3 heterocycles. The number of aromatic nitrogens is 5. The average molecular weight is 341 g/mol. The van der Waals surface area contributed by atoms with Gasteiger partial charge in [0.05, 0.1) is 17.4 Å². The minimum Gasteiger partial charge on any atom is -0.248 e. The lowest BCUT2D eigenvalue weighted by Gasteiger charge is -2.06. The van der Waals surface area contributed by atoms with Crippen LogP contribution in [0.15, 0.2) is 61.1 Å². The predicted octanol–water partition coefficient (Wildman–Crippen LogP) is 3.90. The molecule has 5 nitrogen and oxygen atoms in total. The highest BCUT2D eigenvalue weighted by molar-refractivity contribution is 5.81. The zero-order valence-electron chi connectivity index (χ0n) is 12.6. The number of benzene rings is 1. The Morgan fingerprint density at radius 1 is 0.920 bits per heavy atom. The molecule has 8 heteroatoms. The smallest absolute Gasteiger partial charge is 0.248 e. The molecule has 0 unspecified atom stereocenters. The van der Waals surface area contributed by atoms with Crippen molar-refractivity contribution in [3.63, 3.8) is 0 Å². The Labute approximate surface area is 139 Å². The van der Waals surface area contributed by atoms with E-state index in [0.29, 0.717) is 11.3 Å². The van der Waals surface area contributed by atoms with Crippen LogP contribution in [0.25, 0.3) is 28.1 Å². The lowest BCUT2D eigenvalue weighted by Crippen LogP contribution is -2.11. The molecular weight excluding hydrogens is 331 g/mol. The van der Waals surface area contributed by atoms with Crippen LogP contribution in [0.4, 0.5) is 13.2 Å². The number of fused-ring (bicyclic) bond motifs is 1. The van der Waals surface area contributed by atoms with Gasteiger partial charge in [-0.2, -0.15) is 18.3 Å². The zero-order chi connectivity index (χ0) is 17.4. The lowest BCUT2D eigenvalue weighted by molar-refractivity contribution is -0.141. The summed E-state index contributed by atoms with van der Waals surface area (Å²) in [4.78, 5) is 11.9. The van der Waals surface area contributed by atoms with Crippen LogP contribution in [0.1, 0.15) is 5.69 Å². The van der Waals surface area contributed by atoms with E-state index < -0.39 is 11.9 Å². The van der Waals surface area contributed by atoms with Crippen molar-refractivity contribution in [2.75, 3.05) is 0 Å². The SMILES string of the molecule is FC(F)(F)c1ccnc(-n2cc(-c3ccc4ccccc4n3)cn2)n1. The first-order chi connectivity index (χ1) is 12.0. The van der Waals surface area contributed by atoms with E-state index in [1.165, 1.54) is 10.9 Å². The minimum atomic E-state index is -4.53. The highest BCUT2D eigenvalue weighted by Gasteiger charge is 2.33. The van der Waals surface area contributed by atoms with E-state index in [1.54, 1.807) is 6.20 Å². The number of halogens is 3. The standard InChI is InChI=1S/C17H10F3N5/c18-17(19,20)15-7-8-21-16(24-15)25-10-12(9-22-25)14-6-5-11-3-1-2-4-13(11)23-14/h1-10H. The Balaban J connectivity index is 1.72. The Kier molecular flexibility index (Phi) is 3.45. The second kappa shape index (κ2) is 5.66. The summed E-state index contributed by atoms with van der Waals surface area (Å²) < 4.78 is 39.5. The predicted molar refractivity (Wildman–Crippen MR) is 84.9 cm³/mol. The summed E-state index contributed by atoms with van der Waals surface area (Å²) >= 11 is 0. The van der Waals surface area contributed by atoms with Gasteiger partial charge < -0.3 is 0 Å². The summed E-state index contributed by atoms with van der Waals surface area (Å²) in [7, 11) is 0. The van der Waals surface area contributed by atoms with Crippen molar-refractivity contribution < 1.29 is 13.2 Å². The van der Waals surface area contributed by atoms with Crippen molar-refractivity contribution in [1.82, 2.24) is 24.7 Å². The van der Waals surface area contributed by atoms with Crippen LogP contribution in [0, 0.1) is 0 Å². The number of para-hydroxylation sites is 1. The number of rotatable bonds is 2. The van der Waals surface area contributed by atoms with Gasteiger partial charge in [0.15, 0.2) is 0 Å². The maximum atomic E-state index is 12.8. The molecule has 0 saturated heterocycles. The zero-order valence-corrected chi connectivity index (χ0v) is 12.6. The lowest BCUT2D eigenvalue weighted by atomic mass is 10.1. The summed E-state index contributed by atoms with van der Waals surface area (Å²) in [5, 5.41) is 5.05. The van der Waals surface area contributed by atoms with Gasteiger partial charge in [0, 0.05) is 23.3 Å². The van der Waals surface area contributed by atoms with E-state index in [9.17, 15) is 13.2 Å². The Morgan fingerprint density at radius 3 is 2.60 bits per heavy atom. The summed E-state index contributed by atoms with van der Waals surface area (Å²) in [5.74, 6) is -0.151. The number of alkyl halides is 3. The van der Waals surface area contributed by atoms with Crippen LogP contribution in [-0.4, -0.2) is 24.7 Å². The van der Waals surface area contributed by atoms with Crippen molar-refractivity contribution in [2.45, 2.75) is 6.18 Å². The second-order valence-electron chi connectivity index (χ2n) is 5.30. The normalized spacial score (nSPS) is 11.8. The Bertz CT molecular complexity index is 1060. The highest BCUT2D eigenvalue weighted by atomic mass is 19.4. The number of hydrogen-bond donors (Lipinski definition) is 0. The van der Waals surface area contributed by atoms with Gasteiger partial charge in [-0.05, 0) is 18.2 Å². The largest absolute Gasteiger partial charge is 0.433 e. The first kappa shape index (κ1) is 15.3. The van der Waals surface area contributed by atoms with Crippen molar-refractivity contribution in [1.29, 1.82) is 0 Å². The van der Waals surface area contributed by atoms with Gasteiger partial charge >= 0.3 is 6.18 Å². The third-order valence-corrected chi connectivity index (χ3v) is 3.61. The van der Waals surface area contributed by atoms with E-state index in [4.69, 9.17) is 0 Å². The summed E-state index contributed by atoms with van der Waals surface area (Å²) in [6.45, 7) is 0. The van der Waals surface area contributed by atoms with Crippen LogP contribution in [-0.2, 0) is 6.18 Å². The molecule has 25 heavy (non-hydrogen) atoms. The van der Waals surface area contributed by atoms with Gasteiger partial charge in [-0.15, -0.1) is 0 Å². The van der Waals surface area contributed by atoms with E-state index in [0.717, 1.165) is 23.2 Å². The highest BCUT2D eigenvalue weighted by Crippen LogP contribution is 2.27. The third kappa shape index (κ3) is 2.93. The monoisotopic (exact) mass is 341 g/mol. The molecule has 0 bridgehead atoms. The molecule has 0 aliphatic rings. The van der Waals surface area contributed by atoms with Gasteiger partial charge in [-0.25, -0.2) is 19.6 Å². The molecule has 0 aliphatic carbocycles. The summed E-state index contributed by atoms with van der Waals surface area (Å²) in [5.41, 5.74) is 1.13. The molecule has 4 rings (SSSR count). The number of pyridine rings is 1. The van der Waals surface area contributed by atoms with Crippen LogP contribution in [0.3, 0.4) is 0 Å². The van der Waals surface area contributed by atoms with Crippen LogP contribution in [0.2, 0.25) is 0 Å². The minimum absolute atomic E-state index is 0.151. The van der Waals surface area contributed by atoms with E-state index in [1.807, 2.05) is 36.4 Å². The molecule has 0 atom stereocenters. The molecular formula is C17H10F3N5. The van der Waals surface area contributed by atoms with Crippen LogP contribution in [0.5, 0.6) is 0 Å². The summed E-state index contributed by atoms with van der Waals surface area (Å²) in [6.07, 6.45) is -0.415. The maximum Gasteiger partial charge on any atom is 0.433 e. The van der Waals surface area contributed by atoms with E-state index in [2.05, 4.69) is 20.1 Å². The molecule has 1 aromatic carbocycles.